The molecule has 0 fully saturated rings. The lowest BCUT2D eigenvalue weighted by atomic mass is 10.1. The Balaban J connectivity index is 2.63. The van der Waals surface area contributed by atoms with Crippen molar-refractivity contribution in [3.05, 3.63) is 51.9 Å². The molecule has 7 heteroatoms. The van der Waals surface area contributed by atoms with Crippen molar-refractivity contribution in [2.45, 2.75) is 0 Å². The van der Waals surface area contributed by atoms with Crippen LogP contribution in [0, 0.1) is 11.6 Å². The molecule has 2 aromatic heterocycles. The highest BCUT2D eigenvalue weighted by atomic mass is 19.2. The third-order valence-corrected chi connectivity index (χ3v) is 3.29. The third-order valence-electron chi connectivity index (χ3n) is 3.29. The summed E-state index contributed by atoms with van der Waals surface area (Å²) in [6.07, 6.45) is 2.49. The molecule has 0 bridgehead atoms. The predicted octanol–water partition coefficient (Wildman–Crippen LogP) is 2.06. The Bertz CT molecular complexity index is 980. The van der Waals surface area contributed by atoms with Crippen molar-refractivity contribution in [2.24, 2.45) is 7.05 Å². The molecule has 0 radical (unpaired) electrons. The summed E-state index contributed by atoms with van der Waals surface area (Å²) in [6, 6.07) is 1.73. The summed E-state index contributed by atoms with van der Waals surface area (Å²) in [5.74, 6) is -3.59. The summed E-state index contributed by atoms with van der Waals surface area (Å²) >= 11 is 0. The van der Waals surface area contributed by atoms with E-state index in [0.717, 1.165) is 12.1 Å². The van der Waals surface area contributed by atoms with Crippen LogP contribution in [-0.4, -0.2) is 20.6 Å². The highest BCUT2D eigenvalue weighted by Gasteiger charge is 2.17. The number of carboxylic acid groups (broad SMARTS) is 1. The molecule has 0 spiro atoms. The average Bonchev–Trinajstić information content (AvgIpc) is 2.43. The van der Waals surface area contributed by atoms with Crippen molar-refractivity contribution >= 4 is 27.8 Å². The molecule has 3 aromatic rings. The lowest BCUT2D eigenvalue weighted by Gasteiger charge is -2.09. The molecule has 0 atom stereocenters. The van der Waals surface area contributed by atoms with Crippen LogP contribution in [0.15, 0.2) is 29.3 Å². The second-order valence-corrected chi connectivity index (χ2v) is 4.59. The van der Waals surface area contributed by atoms with E-state index in [1.807, 2.05) is 0 Å². The fourth-order valence-corrected chi connectivity index (χ4v) is 2.29. The SMILES string of the molecule is Cn1cc(C(=O)O)c(=O)c2c3cc(F)c(F)cc3ncc21. The van der Waals surface area contributed by atoms with E-state index in [1.54, 1.807) is 7.05 Å². The smallest absolute Gasteiger partial charge is 0.341 e. The van der Waals surface area contributed by atoms with Gasteiger partial charge in [0.15, 0.2) is 11.6 Å². The number of hydrogen-bond donors (Lipinski definition) is 1. The minimum absolute atomic E-state index is 0.00120. The van der Waals surface area contributed by atoms with Gasteiger partial charge in [-0.3, -0.25) is 9.78 Å². The van der Waals surface area contributed by atoms with Gasteiger partial charge in [0.05, 0.1) is 22.6 Å². The summed E-state index contributed by atoms with van der Waals surface area (Å²) in [5.41, 5.74) is -0.777. The Kier molecular flexibility index (Phi) is 2.72. The summed E-state index contributed by atoms with van der Waals surface area (Å²) in [6.45, 7) is 0. The number of aryl methyl sites for hydroxylation is 1. The van der Waals surface area contributed by atoms with Crippen molar-refractivity contribution in [3.63, 3.8) is 0 Å². The summed E-state index contributed by atoms with van der Waals surface area (Å²) < 4.78 is 28.1. The van der Waals surface area contributed by atoms with Gasteiger partial charge in [0.1, 0.15) is 5.56 Å². The first kappa shape index (κ1) is 13.2. The molecule has 5 nitrogen and oxygen atoms in total. The molecule has 0 saturated heterocycles. The number of benzene rings is 1. The van der Waals surface area contributed by atoms with Crippen molar-refractivity contribution < 1.29 is 18.7 Å². The fourth-order valence-electron chi connectivity index (χ4n) is 2.29. The van der Waals surface area contributed by atoms with E-state index in [-0.39, 0.29) is 16.3 Å². The average molecular weight is 290 g/mol. The number of nitrogens with zero attached hydrogens (tertiary/aromatic N) is 2. The number of aromatic nitrogens is 2. The van der Waals surface area contributed by atoms with Crippen LogP contribution in [0.4, 0.5) is 8.78 Å². The Morgan fingerprint density at radius 3 is 2.62 bits per heavy atom. The molecule has 0 unspecified atom stereocenters. The van der Waals surface area contributed by atoms with Crippen LogP contribution in [0.5, 0.6) is 0 Å². The van der Waals surface area contributed by atoms with E-state index >= 15 is 0 Å². The van der Waals surface area contributed by atoms with Crippen LogP contribution in [-0.2, 0) is 7.05 Å². The van der Waals surface area contributed by atoms with Crippen LogP contribution in [0.2, 0.25) is 0 Å². The van der Waals surface area contributed by atoms with Gasteiger partial charge in [0, 0.05) is 24.7 Å². The maximum absolute atomic E-state index is 13.4. The van der Waals surface area contributed by atoms with Crippen LogP contribution in [0.1, 0.15) is 10.4 Å². The summed E-state index contributed by atoms with van der Waals surface area (Å²) in [5, 5.41) is 9.14. The van der Waals surface area contributed by atoms with Crippen molar-refractivity contribution in [2.75, 3.05) is 0 Å². The van der Waals surface area contributed by atoms with Crippen LogP contribution < -0.4 is 5.43 Å². The Hall–Kier alpha value is -2.83. The molecular formula is C14H8F2N2O3. The highest BCUT2D eigenvalue weighted by molar-refractivity contribution is 6.06. The largest absolute Gasteiger partial charge is 0.477 e. The number of carboxylic acids is 1. The van der Waals surface area contributed by atoms with E-state index in [2.05, 4.69) is 4.98 Å². The van der Waals surface area contributed by atoms with Gasteiger partial charge in [0.2, 0.25) is 5.43 Å². The number of hydrogen-bond acceptors (Lipinski definition) is 3. The molecule has 0 aliphatic heterocycles. The van der Waals surface area contributed by atoms with Gasteiger partial charge in [-0.2, -0.15) is 0 Å². The van der Waals surface area contributed by atoms with Crippen molar-refractivity contribution in [3.8, 4) is 0 Å². The highest BCUT2D eigenvalue weighted by Crippen LogP contribution is 2.23. The first-order valence-electron chi connectivity index (χ1n) is 5.90. The summed E-state index contributed by atoms with van der Waals surface area (Å²) in [4.78, 5) is 27.4. The Labute approximate surface area is 116 Å². The first-order chi connectivity index (χ1) is 9.90. The molecule has 0 amide bonds. The standard InChI is InChI=1S/C14H8F2N2O3/c1-18-5-7(14(20)21)13(19)12-6-2-8(15)9(16)3-10(6)17-4-11(12)18/h2-5H,1H3,(H,20,21). The van der Waals surface area contributed by atoms with Crippen LogP contribution >= 0.6 is 0 Å². The van der Waals surface area contributed by atoms with Crippen LogP contribution in [0.25, 0.3) is 21.8 Å². The lowest BCUT2D eigenvalue weighted by Crippen LogP contribution is -2.18. The first-order valence-corrected chi connectivity index (χ1v) is 5.90. The molecule has 1 aromatic carbocycles. The Morgan fingerprint density at radius 1 is 1.29 bits per heavy atom. The number of carbonyl (C=O) groups is 1. The topological polar surface area (TPSA) is 72.2 Å². The molecule has 0 aliphatic carbocycles. The van der Waals surface area contributed by atoms with Gasteiger partial charge in [-0.15, -0.1) is 0 Å². The zero-order valence-electron chi connectivity index (χ0n) is 10.7. The quantitative estimate of drug-likeness (QED) is 0.696. The second-order valence-electron chi connectivity index (χ2n) is 4.59. The molecule has 106 valence electrons. The van der Waals surface area contributed by atoms with E-state index in [9.17, 15) is 18.4 Å². The van der Waals surface area contributed by atoms with E-state index in [4.69, 9.17) is 5.11 Å². The minimum Gasteiger partial charge on any atom is -0.477 e. The molecule has 1 N–H and O–H groups in total. The predicted molar refractivity (Wildman–Crippen MR) is 71.4 cm³/mol. The van der Waals surface area contributed by atoms with Crippen molar-refractivity contribution in [1.82, 2.24) is 9.55 Å². The maximum atomic E-state index is 13.4. The fraction of sp³-hybridized carbons (Fsp3) is 0.0714. The van der Waals surface area contributed by atoms with E-state index in [1.165, 1.54) is 17.0 Å². The number of rotatable bonds is 1. The molecule has 2 heterocycles. The molecule has 21 heavy (non-hydrogen) atoms. The normalized spacial score (nSPS) is 11.2. The zero-order valence-corrected chi connectivity index (χ0v) is 10.7. The van der Waals surface area contributed by atoms with Gasteiger partial charge >= 0.3 is 5.97 Å². The third kappa shape index (κ3) is 1.85. The minimum atomic E-state index is -1.38. The Morgan fingerprint density at radius 2 is 1.95 bits per heavy atom. The number of aromatic carboxylic acids is 1. The monoisotopic (exact) mass is 290 g/mol. The molecule has 0 saturated carbocycles. The number of pyridine rings is 2. The molecular weight excluding hydrogens is 282 g/mol. The van der Waals surface area contributed by atoms with E-state index in [0.29, 0.717) is 5.52 Å². The number of halogens is 2. The summed E-state index contributed by atoms with van der Waals surface area (Å²) in [7, 11) is 1.54. The van der Waals surface area contributed by atoms with Crippen LogP contribution in [0.3, 0.4) is 0 Å². The molecule has 3 rings (SSSR count). The van der Waals surface area contributed by atoms with Gasteiger partial charge in [-0.05, 0) is 6.07 Å². The molecule has 0 aliphatic rings. The second kappa shape index (κ2) is 4.34. The van der Waals surface area contributed by atoms with Gasteiger partial charge in [-0.25, -0.2) is 13.6 Å². The zero-order chi connectivity index (χ0) is 15.3. The lowest BCUT2D eigenvalue weighted by molar-refractivity contribution is 0.0695. The van der Waals surface area contributed by atoms with Gasteiger partial charge < -0.3 is 9.67 Å². The van der Waals surface area contributed by atoms with Gasteiger partial charge in [-0.1, -0.05) is 0 Å². The van der Waals surface area contributed by atoms with Gasteiger partial charge in [0.25, 0.3) is 0 Å². The maximum Gasteiger partial charge on any atom is 0.341 e. The van der Waals surface area contributed by atoms with E-state index < -0.39 is 28.6 Å². The van der Waals surface area contributed by atoms with Crippen molar-refractivity contribution in [1.29, 1.82) is 0 Å². The number of fused-ring (bicyclic) bond motifs is 3.